The first-order valence-corrected chi connectivity index (χ1v) is 6.70. The Balaban J connectivity index is 2.07. The highest BCUT2D eigenvalue weighted by Gasteiger charge is 2.43. The third kappa shape index (κ3) is 2.44. The van der Waals surface area contributed by atoms with Gasteiger partial charge in [0.05, 0.1) is 10.1 Å². The third-order valence-electron chi connectivity index (χ3n) is 3.59. The number of hydrogen-bond acceptors (Lipinski definition) is 2. The van der Waals surface area contributed by atoms with Gasteiger partial charge in [0.1, 0.15) is 11.6 Å². The van der Waals surface area contributed by atoms with E-state index in [1.807, 2.05) is 18.7 Å². The quantitative estimate of drug-likeness (QED) is 0.866. The number of hydrogen-bond donors (Lipinski definition) is 1. The summed E-state index contributed by atoms with van der Waals surface area (Å²) in [5, 5.41) is 10.1. The summed E-state index contributed by atoms with van der Waals surface area (Å²) in [5.74, 6) is -0.961. The van der Waals surface area contributed by atoms with Crippen molar-refractivity contribution in [1.82, 2.24) is 4.90 Å². The Morgan fingerprint density at radius 2 is 2.00 bits per heavy atom. The Hall–Kier alpha value is -0.520. The predicted molar refractivity (Wildman–Crippen MR) is 69.1 cm³/mol. The molecule has 5 heteroatoms. The number of β-amino-alcohol motifs (C(OH)–C–C–N with tert-alkyl or cyclic N) is 1. The summed E-state index contributed by atoms with van der Waals surface area (Å²) >= 11 is 3.05. The molecule has 1 aromatic rings. The molecule has 0 aliphatic carbocycles. The molecule has 0 aromatic heterocycles. The van der Waals surface area contributed by atoms with Gasteiger partial charge in [-0.05, 0) is 34.0 Å². The fraction of sp³-hybridized carbons (Fsp3) is 0.538. The lowest BCUT2D eigenvalue weighted by molar-refractivity contribution is -0.131. The third-order valence-corrected chi connectivity index (χ3v) is 4.20. The largest absolute Gasteiger partial charge is 0.387 e. The summed E-state index contributed by atoms with van der Waals surface area (Å²) in [7, 11) is 0. The molecule has 1 N–H and O–H groups in total. The fourth-order valence-corrected chi connectivity index (χ4v) is 2.51. The number of aliphatic hydroxyl groups is 1. The molecule has 0 unspecified atom stereocenters. The molecule has 18 heavy (non-hydrogen) atoms. The van der Waals surface area contributed by atoms with Crippen LogP contribution in [0, 0.1) is 17.6 Å². The average Bonchev–Trinajstić information content (AvgIpc) is 2.26. The highest BCUT2D eigenvalue weighted by molar-refractivity contribution is 9.10. The first-order chi connectivity index (χ1) is 8.33. The minimum absolute atomic E-state index is 0.0511. The standard InChI is InChI=1S/C13H16BrF2NO/c1-8(2)13(18)6-17(7-13)5-9-11(15)4-3-10(14)12(9)16/h3-4,8,18H,5-7H2,1-2H3. The van der Waals surface area contributed by atoms with Crippen molar-refractivity contribution >= 4 is 15.9 Å². The Bertz CT molecular complexity index is 459. The van der Waals surface area contributed by atoms with Crippen LogP contribution in [-0.4, -0.2) is 28.7 Å². The van der Waals surface area contributed by atoms with Gasteiger partial charge in [-0.2, -0.15) is 0 Å². The van der Waals surface area contributed by atoms with E-state index in [4.69, 9.17) is 0 Å². The first-order valence-electron chi connectivity index (χ1n) is 5.90. The summed E-state index contributed by atoms with van der Waals surface area (Å²) in [5.41, 5.74) is -0.672. The van der Waals surface area contributed by atoms with Gasteiger partial charge in [0, 0.05) is 25.2 Å². The smallest absolute Gasteiger partial charge is 0.144 e. The van der Waals surface area contributed by atoms with Crippen LogP contribution in [-0.2, 0) is 6.54 Å². The SMILES string of the molecule is CC(C)C1(O)CN(Cc2c(F)ccc(Br)c2F)C1. The topological polar surface area (TPSA) is 23.5 Å². The summed E-state index contributed by atoms with van der Waals surface area (Å²) < 4.78 is 27.6. The van der Waals surface area contributed by atoms with Gasteiger partial charge >= 0.3 is 0 Å². The van der Waals surface area contributed by atoms with Crippen molar-refractivity contribution < 1.29 is 13.9 Å². The molecule has 2 rings (SSSR count). The lowest BCUT2D eigenvalue weighted by Gasteiger charge is -2.49. The van der Waals surface area contributed by atoms with Crippen molar-refractivity contribution in [2.75, 3.05) is 13.1 Å². The van der Waals surface area contributed by atoms with Crippen LogP contribution in [0.5, 0.6) is 0 Å². The van der Waals surface area contributed by atoms with Crippen LogP contribution >= 0.6 is 15.9 Å². The minimum Gasteiger partial charge on any atom is -0.387 e. The molecule has 1 fully saturated rings. The molecule has 1 aliphatic heterocycles. The van der Waals surface area contributed by atoms with Crippen LogP contribution < -0.4 is 0 Å². The molecule has 1 saturated heterocycles. The van der Waals surface area contributed by atoms with Crippen LogP contribution in [0.3, 0.4) is 0 Å². The normalized spacial score (nSPS) is 19.1. The van der Waals surface area contributed by atoms with E-state index >= 15 is 0 Å². The zero-order chi connectivity index (χ0) is 13.5. The molecule has 0 bridgehead atoms. The minimum atomic E-state index is -0.723. The van der Waals surface area contributed by atoms with Gasteiger partial charge in [0.2, 0.25) is 0 Å². The molecule has 0 spiro atoms. The van der Waals surface area contributed by atoms with Crippen molar-refractivity contribution in [2.24, 2.45) is 5.92 Å². The van der Waals surface area contributed by atoms with Crippen LogP contribution in [0.2, 0.25) is 0 Å². The number of benzene rings is 1. The molecule has 1 heterocycles. The number of halogens is 3. The summed E-state index contributed by atoms with van der Waals surface area (Å²) in [6, 6.07) is 2.60. The van der Waals surface area contributed by atoms with Crippen LogP contribution in [0.25, 0.3) is 0 Å². The molecule has 2 nitrogen and oxygen atoms in total. The van der Waals surface area contributed by atoms with E-state index in [0.717, 1.165) is 0 Å². The number of nitrogens with zero attached hydrogens (tertiary/aromatic N) is 1. The molecule has 0 radical (unpaired) electrons. The zero-order valence-corrected chi connectivity index (χ0v) is 12.0. The van der Waals surface area contributed by atoms with Gasteiger partial charge in [-0.1, -0.05) is 13.8 Å². The highest BCUT2D eigenvalue weighted by atomic mass is 79.9. The molecular formula is C13H16BrF2NO. The van der Waals surface area contributed by atoms with Gasteiger partial charge in [-0.3, -0.25) is 4.90 Å². The second kappa shape index (κ2) is 4.87. The van der Waals surface area contributed by atoms with Crippen molar-refractivity contribution in [3.8, 4) is 0 Å². The van der Waals surface area contributed by atoms with E-state index in [9.17, 15) is 13.9 Å². The maximum atomic E-state index is 13.8. The second-order valence-corrected chi connectivity index (χ2v) is 6.08. The molecule has 1 aliphatic rings. The van der Waals surface area contributed by atoms with Gasteiger partial charge in [0.15, 0.2) is 0 Å². The molecule has 100 valence electrons. The molecule has 0 saturated carbocycles. The lowest BCUT2D eigenvalue weighted by Crippen LogP contribution is -2.63. The highest BCUT2D eigenvalue weighted by Crippen LogP contribution is 2.31. The van der Waals surface area contributed by atoms with Crippen molar-refractivity contribution in [2.45, 2.75) is 26.0 Å². The molecule has 1 aromatic carbocycles. The average molecular weight is 320 g/mol. The molecule has 0 amide bonds. The fourth-order valence-electron chi connectivity index (χ4n) is 2.14. The van der Waals surface area contributed by atoms with E-state index < -0.39 is 17.2 Å². The van der Waals surface area contributed by atoms with E-state index in [1.165, 1.54) is 12.1 Å². The van der Waals surface area contributed by atoms with Gasteiger partial charge in [-0.25, -0.2) is 8.78 Å². The summed E-state index contributed by atoms with van der Waals surface area (Å²) in [6.07, 6.45) is 0. The van der Waals surface area contributed by atoms with Gasteiger partial charge in [0.25, 0.3) is 0 Å². The molecular weight excluding hydrogens is 304 g/mol. The van der Waals surface area contributed by atoms with Crippen molar-refractivity contribution in [3.63, 3.8) is 0 Å². The van der Waals surface area contributed by atoms with Crippen LogP contribution in [0.1, 0.15) is 19.4 Å². The van der Waals surface area contributed by atoms with E-state index in [-0.39, 0.29) is 22.5 Å². The Morgan fingerprint density at radius 1 is 1.39 bits per heavy atom. The van der Waals surface area contributed by atoms with Crippen LogP contribution in [0.4, 0.5) is 8.78 Å². The van der Waals surface area contributed by atoms with Crippen molar-refractivity contribution in [1.29, 1.82) is 0 Å². The van der Waals surface area contributed by atoms with Crippen molar-refractivity contribution in [3.05, 3.63) is 33.8 Å². The van der Waals surface area contributed by atoms with E-state index in [0.29, 0.717) is 13.1 Å². The van der Waals surface area contributed by atoms with Crippen LogP contribution in [0.15, 0.2) is 16.6 Å². The van der Waals surface area contributed by atoms with E-state index in [1.54, 1.807) is 0 Å². The molecule has 0 atom stereocenters. The maximum Gasteiger partial charge on any atom is 0.144 e. The second-order valence-electron chi connectivity index (χ2n) is 5.23. The van der Waals surface area contributed by atoms with E-state index in [2.05, 4.69) is 15.9 Å². The number of likely N-dealkylation sites (tertiary alicyclic amines) is 1. The number of rotatable bonds is 3. The summed E-state index contributed by atoms with van der Waals surface area (Å²) in [4.78, 5) is 1.84. The zero-order valence-electron chi connectivity index (χ0n) is 10.4. The Kier molecular flexibility index (Phi) is 3.76. The lowest BCUT2D eigenvalue weighted by atomic mass is 9.83. The monoisotopic (exact) mass is 319 g/mol. The predicted octanol–water partition coefficient (Wildman–Crippen LogP) is 2.93. The Labute approximate surface area is 114 Å². The van der Waals surface area contributed by atoms with Gasteiger partial charge in [-0.15, -0.1) is 0 Å². The Morgan fingerprint density at radius 3 is 2.56 bits per heavy atom. The summed E-state index contributed by atoms with van der Waals surface area (Å²) in [6.45, 7) is 4.98. The maximum absolute atomic E-state index is 13.8. The first kappa shape index (κ1) is 13.9. The van der Waals surface area contributed by atoms with Gasteiger partial charge < -0.3 is 5.11 Å².